The number of ketones is 1. The Morgan fingerprint density at radius 3 is 2.22 bits per heavy atom. The average Bonchev–Trinajstić information content (AvgIpc) is 1.86. The summed E-state index contributed by atoms with van der Waals surface area (Å²) in [5, 5.41) is 2.86. The van der Waals surface area contributed by atoms with Crippen molar-refractivity contribution in [3.8, 4) is 0 Å². The Morgan fingerprint density at radius 1 is 1.67 bits per heavy atom. The molecule has 0 aliphatic carbocycles. The van der Waals surface area contributed by atoms with E-state index in [1.807, 2.05) is 0 Å². The van der Waals surface area contributed by atoms with E-state index in [1.54, 1.807) is 20.9 Å². The van der Waals surface area contributed by atoms with Gasteiger partial charge in [0.1, 0.15) is 0 Å². The van der Waals surface area contributed by atoms with Gasteiger partial charge in [0, 0.05) is 0 Å². The lowest BCUT2D eigenvalue weighted by molar-refractivity contribution is -0.121. The predicted octanol–water partition coefficient (Wildman–Crippen LogP) is 0.792. The van der Waals surface area contributed by atoms with Crippen LogP contribution in [0.3, 0.4) is 0 Å². The average molecular weight is 150 g/mol. The molecule has 0 aliphatic rings. The number of halogens is 1. The number of carbonyl (C=O) groups excluding carboxylic acids is 1. The molecule has 0 saturated carbocycles. The quantitative estimate of drug-likeness (QED) is 0.602. The SMILES string of the molecule is CNC(C)(C)C(=O)CCl. The van der Waals surface area contributed by atoms with Gasteiger partial charge >= 0.3 is 0 Å². The number of hydrogen-bond donors (Lipinski definition) is 1. The van der Waals surface area contributed by atoms with Crippen molar-refractivity contribution in [3.63, 3.8) is 0 Å². The maximum Gasteiger partial charge on any atom is 0.166 e. The molecule has 0 heterocycles. The Labute approximate surface area is 60.6 Å². The molecular formula is C6H12ClNO. The van der Waals surface area contributed by atoms with E-state index < -0.39 is 5.54 Å². The van der Waals surface area contributed by atoms with E-state index in [2.05, 4.69) is 5.32 Å². The molecule has 3 heteroatoms. The Morgan fingerprint density at radius 2 is 2.11 bits per heavy atom. The maximum absolute atomic E-state index is 10.9. The van der Waals surface area contributed by atoms with Crippen molar-refractivity contribution in [3.05, 3.63) is 0 Å². The Balaban J connectivity index is 3.97. The second kappa shape index (κ2) is 3.18. The summed E-state index contributed by atoms with van der Waals surface area (Å²) in [7, 11) is 1.74. The first-order valence-electron chi connectivity index (χ1n) is 2.82. The second-order valence-electron chi connectivity index (χ2n) is 2.43. The first-order valence-corrected chi connectivity index (χ1v) is 3.36. The standard InChI is InChI=1S/C6H12ClNO/c1-6(2,8-3)5(9)4-7/h8H,4H2,1-3H3. The highest BCUT2D eigenvalue weighted by molar-refractivity contribution is 6.28. The number of Topliss-reactive ketones (excluding diaryl/α,β-unsaturated/α-hetero) is 1. The van der Waals surface area contributed by atoms with E-state index in [1.165, 1.54) is 0 Å². The van der Waals surface area contributed by atoms with Crippen LogP contribution in [-0.2, 0) is 4.79 Å². The molecule has 0 aromatic carbocycles. The van der Waals surface area contributed by atoms with Gasteiger partial charge in [-0.2, -0.15) is 0 Å². The zero-order valence-electron chi connectivity index (χ0n) is 5.99. The molecule has 54 valence electrons. The van der Waals surface area contributed by atoms with Crippen LogP contribution in [0.5, 0.6) is 0 Å². The van der Waals surface area contributed by atoms with Gasteiger partial charge in [0.05, 0.1) is 11.4 Å². The van der Waals surface area contributed by atoms with Gasteiger partial charge in [-0.25, -0.2) is 0 Å². The van der Waals surface area contributed by atoms with Crippen LogP contribution in [0, 0.1) is 0 Å². The molecule has 0 aliphatic heterocycles. The first kappa shape index (κ1) is 8.92. The third kappa shape index (κ3) is 2.33. The highest BCUT2D eigenvalue weighted by Crippen LogP contribution is 2.02. The van der Waals surface area contributed by atoms with Crippen LogP contribution in [0.4, 0.5) is 0 Å². The molecule has 0 aromatic rings. The first-order chi connectivity index (χ1) is 4.04. The molecule has 0 spiro atoms. The summed E-state index contributed by atoms with van der Waals surface area (Å²) in [5.74, 6) is 0.0973. The molecule has 0 fully saturated rings. The highest BCUT2D eigenvalue weighted by Gasteiger charge is 2.23. The van der Waals surface area contributed by atoms with Crippen molar-refractivity contribution >= 4 is 17.4 Å². The minimum atomic E-state index is -0.470. The monoisotopic (exact) mass is 149 g/mol. The van der Waals surface area contributed by atoms with Gasteiger partial charge in [-0.05, 0) is 20.9 Å². The van der Waals surface area contributed by atoms with E-state index in [0.717, 1.165) is 0 Å². The molecule has 2 nitrogen and oxygen atoms in total. The van der Waals surface area contributed by atoms with Crippen LogP contribution in [0.25, 0.3) is 0 Å². The summed E-state index contributed by atoms with van der Waals surface area (Å²) in [6, 6.07) is 0. The van der Waals surface area contributed by atoms with Gasteiger partial charge < -0.3 is 5.32 Å². The number of alkyl halides is 1. The van der Waals surface area contributed by atoms with Gasteiger partial charge in [-0.15, -0.1) is 11.6 Å². The topological polar surface area (TPSA) is 29.1 Å². The smallest absolute Gasteiger partial charge is 0.166 e. The van der Waals surface area contributed by atoms with E-state index >= 15 is 0 Å². The zero-order chi connectivity index (χ0) is 7.49. The molecule has 9 heavy (non-hydrogen) atoms. The fourth-order valence-electron chi connectivity index (χ4n) is 0.306. The summed E-state index contributed by atoms with van der Waals surface area (Å²) in [6.07, 6.45) is 0. The molecule has 0 radical (unpaired) electrons. The molecule has 0 atom stereocenters. The second-order valence-corrected chi connectivity index (χ2v) is 2.70. The van der Waals surface area contributed by atoms with Crippen LogP contribution in [0.1, 0.15) is 13.8 Å². The molecule has 0 amide bonds. The molecule has 0 unspecified atom stereocenters. The number of hydrogen-bond acceptors (Lipinski definition) is 2. The fourth-order valence-corrected chi connectivity index (χ4v) is 0.641. The normalized spacial score (nSPS) is 11.6. The third-order valence-corrected chi connectivity index (χ3v) is 1.69. The van der Waals surface area contributed by atoms with Crippen LogP contribution in [0.2, 0.25) is 0 Å². The summed E-state index contributed by atoms with van der Waals surface area (Å²) >= 11 is 5.33. The van der Waals surface area contributed by atoms with E-state index in [9.17, 15) is 4.79 Å². The van der Waals surface area contributed by atoms with E-state index in [-0.39, 0.29) is 11.7 Å². The minimum absolute atomic E-state index is 0.0201. The molecular weight excluding hydrogens is 138 g/mol. The van der Waals surface area contributed by atoms with Gasteiger partial charge in [0.2, 0.25) is 0 Å². The summed E-state index contributed by atoms with van der Waals surface area (Å²) in [4.78, 5) is 10.9. The van der Waals surface area contributed by atoms with E-state index in [0.29, 0.717) is 0 Å². The van der Waals surface area contributed by atoms with Crippen LogP contribution < -0.4 is 5.32 Å². The van der Waals surface area contributed by atoms with Crippen molar-refractivity contribution in [2.24, 2.45) is 0 Å². The van der Waals surface area contributed by atoms with Crippen molar-refractivity contribution in [2.75, 3.05) is 12.9 Å². The number of likely N-dealkylation sites (N-methyl/N-ethyl adjacent to an activating group) is 1. The summed E-state index contributed by atoms with van der Waals surface area (Å²) < 4.78 is 0. The molecule has 0 saturated heterocycles. The van der Waals surface area contributed by atoms with Gasteiger partial charge in [-0.3, -0.25) is 4.79 Å². The molecule has 0 aromatic heterocycles. The number of rotatable bonds is 3. The third-order valence-electron chi connectivity index (χ3n) is 1.44. The Bertz CT molecular complexity index is 112. The fraction of sp³-hybridized carbons (Fsp3) is 0.833. The van der Waals surface area contributed by atoms with Crippen molar-refractivity contribution in [1.29, 1.82) is 0 Å². The van der Waals surface area contributed by atoms with Crippen LogP contribution in [-0.4, -0.2) is 24.2 Å². The molecule has 0 bridgehead atoms. The lowest BCUT2D eigenvalue weighted by Gasteiger charge is -2.20. The van der Waals surface area contributed by atoms with E-state index in [4.69, 9.17) is 11.6 Å². The Kier molecular flexibility index (Phi) is 3.15. The molecule has 1 N–H and O–H groups in total. The number of nitrogens with one attached hydrogen (secondary N) is 1. The maximum atomic E-state index is 10.9. The van der Waals surface area contributed by atoms with Gasteiger partial charge in [0.25, 0.3) is 0 Å². The number of carbonyl (C=O) groups is 1. The van der Waals surface area contributed by atoms with Crippen LogP contribution >= 0.6 is 11.6 Å². The van der Waals surface area contributed by atoms with Crippen LogP contribution in [0.15, 0.2) is 0 Å². The van der Waals surface area contributed by atoms with Crippen molar-refractivity contribution < 1.29 is 4.79 Å². The lowest BCUT2D eigenvalue weighted by atomic mass is 10.0. The van der Waals surface area contributed by atoms with Crippen molar-refractivity contribution in [2.45, 2.75) is 19.4 Å². The predicted molar refractivity (Wildman–Crippen MR) is 38.9 cm³/mol. The highest BCUT2D eigenvalue weighted by atomic mass is 35.5. The minimum Gasteiger partial charge on any atom is -0.308 e. The van der Waals surface area contributed by atoms with Gasteiger partial charge in [0.15, 0.2) is 5.78 Å². The zero-order valence-corrected chi connectivity index (χ0v) is 6.75. The molecule has 0 rings (SSSR count). The van der Waals surface area contributed by atoms with Gasteiger partial charge in [-0.1, -0.05) is 0 Å². The summed E-state index contributed by atoms with van der Waals surface area (Å²) in [6.45, 7) is 3.61. The summed E-state index contributed by atoms with van der Waals surface area (Å²) in [5.41, 5.74) is -0.470. The van der Waals surface area contributed by atoms with Crippen molar-refractivity contribution in [1.82, 2.24) is 5.32 Å². The Hall–Kier alpha value is -0.0800. The largest absolute Gasteiger partial charge is 0.308 e. The lowest BCUT2D eigenvalue weighted by Crippen LogP contribution is -2.45.